The number of benzene rings is 11. The van der Waals surface area contributed by atoms with Crippen molar-refractivity contribution in [2.24, 2.45) is 0 Å². The van der Waals surface area contributed by atoms with Gasteiger partial charge in [0.2, 0.25) is 0 Å². The summed E-state index contributed by atoms with van der Waals surface area (Å²) in [6.45, 7) is 4.69. The van der Waals surface area contributed by atoms with E-state index in [2.05, 4.69) is 255 Å². The van der Waals surface area contributed by atoms with Gasteiger partial charge in [-0.05, 0) is 130 Å². The fourth-order valence-electron chi connectivity index (χ4n) is 10.4. The van der Waals surface area contributed by atoms with Crippen molar-refractivity contribution >= 4 is 49.4 Å². The first-order valence-electron chi connectivity index (χ1n) is 22.3. The Morgan fingerprint density at radius 3 is 1.48 bits per heavy atom. The highest BCUT2D eigenvalue weighted by molar-refractivity contribution is 6.12. The lowest BCUT2D eigenvalue weighted by molar-refractivity contribution is 0.660. The van der Waals surface area contributed by atoms with Crippen molar-refractivity contribution < 1.29 is 0 Å². The highest BCUT2D eigenvalue weighted by atomic mass is 15.1. The summed E-state index contributed by atoms with van der Waals surface area (Å²) in [6.07, 6.45) is 0. The van der Waals surface area contributed by atoms with Gasteiger partial charge in [0.1, 0.15) is 0 Å². The lowest BCUT2D eigenvalue weighted by Gasteiger charge is -2.28. The summed E-state index contributed by atoms with van der Waals surface area (Å²) < 4.78 is 0. The molecule has 0 aromatic heterocycles. The molecular weight excluding hydrogens is 771 g/mol. The molecule has 0 heterocycles. The average molecular weight is 816 g/mol. The molecule has 0 saturated heterocycles. The Labute approximate surface area is 375 Å². The molecule has 0 saturated carbocycles. The number of anilines is 3. The van der Waals surface area contributed by atoms with Gasteiger partial charge in [0.15, 0.2) is 0 Å². The van der Waals surface area contributed by atoms with Gasteiger partial charge in [-0.15, -0.1) is 0 Å². The van der Waals surface area contributed by atoms with Crippen LogP contribution in [0.5, 0.6) is 0 Å². The zero-order chi connectivity index (χ0) is 42.8. The van der Waals surface area contributed by atoms with E-state index in [0.29, 0.717) is 0 Å². The van der Waals surface area contributed by atoms with Gasteiger partial charge >= 0.3 is 0 Å². The average Bonchev–Trinajstić information content (AvgIpc) is 3.59. The molecule has 11 aromatic carbocycles. The van der Waals surface area contributed by atoms with E-state index in [0.717, 1.165) is 17.1 Å². The van der Waals surface area contributed by atoms with Gasteiger partial charge in [0, 0.05) is 22.4 Å². The van der Waals surface area contributed by atoms with Crippen LogP contribution < -0.4 is 4.90 Å². The fourth-order valence-corrected chi connectivity index (χ4v) is 10.4. The molecular formula is C63H45N. The summed E-state index contributed by atoms with van der Waals surface area (Å²) >= 11 is 0. The largest absolute Gasteiger partial charge is 0.310 e. The third-order valence-electron chi connectivity index (χ3n) is 13.7. The van der Waals surface area contributed by atoms with Gasteiger partial charge in [0.05, 0.1) is 5.69 Å². The van der Waals surface area contributed by atoms with E-state index in [1.54, 1.807) is 0 Å². The maximum atomic E-state index is 2.42. The predicted molar refractivity (Wildman–Crippen MR) is 273 cm³/mol. The fraction of sp³-hybridized carbons (Fsp3) is 0.0476. The Morgan fingerprint density at radius 2 is 0.750 bits per heavy atom. The molecule has 0 atom stereocenters. The van der Waals surface area contributed by atoms with Crippen LogP contribution in [0.1, 0.15) is 25.0 Å². The molecule has 12 rings (SSSR count). The smallest absolute Gasteiger partial charge is 0.0540 e. The molecule has 0 radical (unpaired) electrons. The van der Waals surface area contributed by atoms with Crippen LogP contribution in [0.15, 0.2) is 237 Å². The minimum absolute atomic E-state index is 0.0487. The second kappa shape index (κ2) is 15.1. The number of hydrogen-bond donors (Lipinski definition) is 0. The van der Waals surface area contributed by atoms with E-state index in [-0.39, 0.29) is 5.41 Å². The minimum Gasteiger partial charge on any atom is -0.310 e. The quantitative estimate of drug-likeness (QED) is 0.145. The monoisotopic (exact) mass is 815 g/mol. The van der Waals surface area contributed by atoms with Crippen molar-refractivity contribution in [2.45, 2.75) is 19.3 Å². The van der Waals surface area contributed by atoms with Crippen LogP contribution in [0.25, 0.3) is 88.0 Å². The summed E-state index contributed by atoms with van der Waals surface area (Å²) in [4.78, 5) is 2.42. The Balaban J connectivity index is 0.954. The normalized spacial score (nSPS) is 12.7. The molecule has 302 valence electrons. The second-order valence-corrected chi connectivity index (χ2v) is 17.7. The molecule has 11 aromatic rings. The van der Waals surface area contributed by atoms with E-state index in [9.17, 15) is 0 Å². The first-order valence-corrected chi connectivity index (χ1v) is 22.3. The zero-order valence-corrected chi connectivity index (χ0v) is 36.0. The first kappa shape index (κ1) is 37.7. The van der Waals surface area contributed by atoms with Crippen LogP contribution in [0.3, 0.4) is 0 Å². The highest BCUT2D eigenvalue weighted by Crippen LogP contribution is 2.51. The summed E-state index contributed by atoms with van der Waals surface area (Å²) in [7, 11) is 0. The Kier molecular flexibility index (Phi) is 8.91. The number of nitrogens with zero attached hydrogens (tertiary/aromatic N) is 1. The van der Waals surface area contributed by atoms with E-state index >= 15 is 0 Å². The van der Waals surface area contributed by atoms with E-state index < -0.39 is 0 Å². The van der Waals surface area contributed by atoms with E-state index in [1.807, 2.05) is 0 Å². The number of hydrogen-bond acceptors (Lipinski definition) is 1. The van der Waals surface area contributed by atoms with Gasteiger partial charge in [-0.25, -0.2) is 0 Å². The predicted octanol–water partition coefficient (Wildman–Crippen LogP) is 17.6. The maximum Gasteiger partial charge on any atom is 0.0540 e. The Morgan fingerprint density at radius 1 is 0.281 bits per heavy atom. The molecule has 1 nitrogen and oxygen atoms in total. The number of fused-ring (bicyclic) bond motifs is 7. The molecule has 0 unspecified atom stereocenters. The summed E-state index contributed by atoms with van der Waals surface area (Å²) in [5.74, 6) is 0. The Bertz CT molecular complexity index is 3550. The van der Waals surface area contributed by atoms with Crippen molar-refractivity contribution in [1.29, 1.82) is 0 Å². The highest BCUT2D eigenvalue weighted by Gasteiger charge is 2.35. The molecule has 0 aliphatic heterocycles. The third kappa shape index (κ3) is 6.23. The summed E-state index contributed by atoms with van der Waals surface area (Å²) in [5, 5.41) is 7.61. The van der Waals surface area contributed by atoms with Gasteiger partial charge in [-0.2, -0.15) is 0 Å². The summed E-state index contributed by atoms with van der Waals surface area (Å²) in [6, 6.07) is 87.2. The van der Waals surface area contributed by atoms with Crippen LogP contribution in [0, 0.1) is 0 Å². The maximum absolute atomic E-state index is 2.42. The SMILES string of the molecule is CC1(C)c2ccccc2-c2cc(-c3ccccc3N(c3ccc(-c4ccc(-c5cccc6ccccc56)cc4)cc3)c3ccc(-c4cccc5c4ccc4ccccc45)cc3)ccc21. The van der Waals surface area contributed by atoms with Crippen molar-refractivity contribution in [3.63, 3.8) is 0 Å². The molecule has 0 N–H and O–H groups in total. The minimum atomic E-state index is -0.0487. The zero-order valence-electron chi connectivity index (χ0n) is 36.0. The molecule has 0 fully saturated rings. The molecule has 0 bridgehead atoms. The van der Waals surface area contributed by atoms with Crippen LogP contribution in [-0.4, -0.2) is 0 Å². The lowest BCUT2D eigenvalue weighted by Crippen LogP contribution is -2.14. The van der Waals surface area contributed by atoms with Crippen molar-refractivity contribution in [3.8, 4) is 55.6 Å². The van der Waals surface area contributed by atoms with Crippen LogP contribution in [-0.2, 0) is 5.41 Å². The molecule has 1 aliphatic rings. The Hall–Kier alpha value is -8.00. The van der Waals surface area contributed by atoms with Crippen LogP contribution in [0.4, 0.5) is 17.1 Å². The van der Waals surface area contributed by atoms with Crippen molar-refractivity contribution in [2.75, 3.05) is 4.90 Å². The number of rotatable bonds is 7. The van der Waals surface area contributed by atoms with E-state index in [1.165, 1.54) is 99.1 Å². The summed E-state index contributed by atoms with van der Waals surface area (Å²) in [5.41, 5.74) is 18.4. The molecule has 1 heteroatoms. The number of para-hydroxylation sites is 1. The molecule has 0 amide bonds. The van der Waals surface area contributed by atoms with Gasteiger partial charge in [-0.3, -0.25) is 0 Å². The molecule has 64 heavy (non-hydrogen) atoms. The van der Waals surface area contributed by atoms with Crippen LogP contribution in [0.2, 0.25) is 0 Å². The molecule has 0 spiro atoms. The topological polar surface area (TPSA) is 3.24 Å². The van der Waals surface area contributed by atoms with E-state index in [4.69, 9.17) is 0 Å². The molecule has 1 aliphatic carbocycles. The lowest BCUT2D eigenvalue weighted by atomic mass is 9.82. The van der Waals surface area contributed by atoms with Crippen molar-refractivity contribution in [3.05, 3.63) is 248 Å². The van der Waals surface area contributed by atoms with Crippen LogP contribution >= 0.6 is 0 Å². The van der Waals surface area contributed by atoms with Crippen molar-refractivity contribution in [1.82, 2.24) is 0 Å². The van der Waals surface area contributed by atoms with Gasteiger partial charge in [0.25, 0.3) is 0 Å². The van der Waals surface area contributed by atoms with Gasteiger partial charge < -0.3 is 4.90 Å². The standard InChI is InChI=1S/C63H45N/c1-63(2)60-23-9-7-19-58(60)59-41-48(34-40-61(59)63)55-18-8-10-24-62(55)64(50-37-31-47(32-38-50)54-21-12-22-56-53-17-6-4-14-45(53)33-39-57(54)56)49-35-29-43(30-36-49)42-25-27-46(28-26-42)52-20-11-15-44-13-3-5-16-51(44)52/h3-41H,1-2H3. The first-order chi connectivity index (χ1) is 31.5. The third-order valence-corrected chi connectivity index (χ3v) is 13.7. The van der Waals surface area contributed by atoms with Gasteiger partial charge in [-0.1, -0.05) is 214 Å². The second-order valence-electron chi connectivity index (χ2n) is 17.7.